The zero-order chi connectivity index (χ0) is 19.8. The third kappa shape index (κ3) is 4.03. The molecule has 0 aliphatic carbocycles. The van der Waals surface area contributed by atoms with Crippen LogP contribution in [-0.2, 0) is 6.54 Å². The van der Waals surface area contributed by atoms with Crippen LogP contribution in [0.5, 0.6) is 0 Å². The molecule has 0 N–H and O–H groups in total. The Labute approximate surface area is 160 Å². The van der Waals surface area contributed by atoms with Crippen molar-refractivity contribution in [2.75, 3.05) is 5.75 Å². The summed E-state index contributed by atoms with van der Waals surface area (Å²) in [6, 6.07) is 6.51. The molecule has 27 heavy (non-hydrogen) atoms. The van der Waals surface area contributed by atoms with Gasteiger partial charge >= 0.3 is 12.1 Å². The fraction of sp³-hybridized carbons (Fsp3) is 0.294. The molecule has 0 bridgehead atoms. The Morgan fingerprint density at radius 3 is 2.56 bits per heavy atom. The van der Waals surface area contributed by atoms with Crippen molar-refractivity contribution in [3.05, 3.63) is 41.8 Å². The van der Waals surface area contributed by atoms with Gasteiger partial charge in [0.1, 0.15) is 10.8 Å². The van der Waals surface area contributed by atoms with E-state index in [4.69, 9.17) is 11.6 Å². The van der Waals surface area contributed by atoms with Gasteiger partial charge in [-0.15, -0.1) is 11.8 Å². The summed E-state index contributed by atoms with van der Waals surface area (Å²) in [5.74, 6) is -4.04. The van der Waals surface area contributed by atoms with Gasteiger partial charge in [-0.25, -0.2) is 4.98 Å². The molecule has 0 saturated heterocycles. The van der Waals surface area contributed by atoms with Crippen molar-refractivity contribution in [3.63, 3.8) is 0 Å². The van der Waals surface area contributed by atoms with E-state index in [0.717, 1.165) is 15.2 Å². The van der Waals surface area contributed by atoms with Gasteiger partial charge in [0, 0.05) is 16.5 Å². The molecule has 10 heteroatoms. The van der Waals surface area contributed by atoms with E-state index in [9.17, 15) is 22.0 Å². The molecule has 0 unspecified atom stereocenters. The summed E-state index contributed by atoms with van der Waals surface area (Å²) in [5, 5.41) is 0.752. The lowest BCUT2D eigenvalue weighted by atomic mass is 10.2. The maximum atomic E-state index is 13.4. The van der Waals surface area contributed by atoms with Crippen molar-refractivity contribution in [3.8, 4) is 11.4 Å². The van der Waals surface area contributed by atoms with Crippen LogP contribution in [0.25, 0.3) is 22.3 Å². The van der Waals surface area contributed by atoms with Crippen molar-refractivity contribution >= 4 is 34.3 Å². The minimum Gasteiger partial charge on any atom is -0.340 e. The molecule has 0 fully saturated rings. The van der Waals surface area contributed by atoms with E-state index in [1.54, 1.807) is 18.2 Å². The van der Waals surface area contributed by atoms with E-state index in [1.807, 2.05) is 6.92 Å². The number of alkyl halides is 5. The molecule has 0 aliphatic heterocycles. The Morgan fingerprint density at radius 1 is 1.15 bits per heavy atom. The summed E-state index contributed by atoms with van der Waals surface area (Å²) in [7, 11) is 0. The Balaban J connectivity index is 2.01. The fourth-order valence-corrected chi connectivity index (χ4v) is 3.45. The van der Waals surface area contributed by atoms with Gasteiger partial charge in [0.2, 0.25) is 0 Å². The van der Waals surface area contributed by atoms with Crippen LogP contribution in [0.15, 0.2) is 41.6 Å². The van der Waals surface area contributed by atoms with E-state index in [-0.39, 0.29) is 10.7 Å². The summed E-state index contributed by atoms with van der Waals surface area (Å²) in [5.41, 5.74) is 1.17. The van der Waals surface area contributed by atoms with Crippen LogP contribution in [0.1, 0.15) is 6.92 Å². The number of pyridine rings is 2. The van der Waals surface area contributed by atoms with Crippen molar-refractivity contribution < 1.29 is 22.0 Å². The molecule has 3 aromatic rings. The number of thioether (sulfide) groups is 1. The SMILES string of the molecule is CCSc1ccc(Cl)nc1-c1cc2ccn(CC(F)(F)C(F)(F)F)c2cn1. The standard InChI is InChI=1S/C17H13ClF5N3S/c1-2-27-13-3-4-14(18)25-15(13)11-7-10-5-6-26(12(10)8-24-11)9-16(19,20)17(21,22)23/h3-8H,2,9H2,1H3. The second-order valence-electron chi connectivity index (χ2n) is 5.69. The molecular formula is C17H13ClF5N3S. The Morgan fingerprint density at radius 2 is 1.89 bits per heavy atom. The maximum Gasteiger partial charge on any atom is 0.455 e. The van der Waals surface area contributed by atoms with Gasteiger partial charge in [-0.1, -0.05) is 18.5 Å². The van der Waals surface area contributed by atoms with Gasteiger partial charge in [0.15, 0.2) is 0 Å². The monoisotopic (exact) mass is 421 g/mol. The van der Waals surface area contributed by atoms with Crippen molar-refractivity contribution in [2.24, 2.45) is 0 Å². The first-order valence-electron chi connectivity index (χ1n) is 7.81. The number of fused-ring (bicyclic) bond motifs is 1. The molecule has 0 radical (unpaired) electrons. The quantitative estimate of drug-likeness (QED) is 0.285. The first-order valence-corrected chi connectivity index (χ1v) is 9.18. The molecule has 3 aromatic heterocycles. The van der Waals surface area contributed by atoms with Crippen LogP contribution >= 0.6 is 23.4 Å². The minimum absolute atomic E-state index is 0.175. The molecule has 144 valence electrons. The van der Waals surface area contributed by atoms with Crippen LogP contribution in [0, 0.1) is 0 Å². The normalized spacial score (nSPS) is 12.7. The second-order valence-corrected chi connectivity index (χ2v) is 7.38. The largest absolute Gasteiger partial charge is 0.455 e. The van der Waals surface area contributed by atoms with Crippen molar-refractivity contribution in [2.45, 2.75) is 30.5 Å². The van der Waals surface area contributed by atoms with Crippen LogP contribution < -0.4 is 0 Å². The average molecular weight is 422 g/mol. The number of aromatic nitrogens is 3. The zero-order valence-corrected chi connectivity index (χ0v) is 15.5. The summed E-state index contributed by atoms with van der Waals surface area (Å²) in [6.45, 7) is 0.466. The topological polar surface area (TPSA) is 30.7 Å². The molecule has 3 nitrogen and oxygen atoms in total. The van der Waals surface area contributed by atoms with E-state index in [2.05, 4.69) is 9.97 Å². The van der Waals surface area contributed by atoms with Gasteiger partial charge in [-0.2, -0.15) is 22.0 Å². The zero-order valence-electron chi connectivity index (χ0n) is 13.9. The summed E-state index contributed by atoms with van der Waals surface area (Å²) in [6.07, 6.45) is -3.17. The molecule has 0 aromatic carbocycles. The summed E-state index contributed by atoms with van der Waals surface area (Å²) < 4.78 is 64.9. The number of rotatable bonds is 5. The van der Waals surface area contributed by atoms with Crippen LogP contribution in [0.2, 0.25) is 5.15 Å². The van der Waals surface area contributed by atoms with Crippen LogP contribution in [-0.4, -0.2) is 32.4 Å². The van der Waals surface area contributed by atoms with Gasteiger partial charge in [0.25, 0.3) is 0 Å². The lowest BCUT2D eigenvalue weighted by molar-refractivity contribution is -0.286. The lowest BCUT2D eigenvalue weighted by Gasteiger charge is -2.20. The van der Waals surface area contributed by atoms with E-state index in [1.165, 1.54) is 30.2 Å². The van der Waals surface area contributed by atoms with Crippen LogP contribution in [0.4, 0.5) is 22.0 Å². The maximum absolute atomic E-state index is 13.4. The lowest BCUT2D eigenvalue weighted by Crippen LogP contribution is -2.40. The van der Waals surface area contributed by atoms with E-state index < -0.39 is 18.6 Å². The predicted octanol–water partition coefficient (Wildman–Crippen LogP) is 6.06. The summed E-state index contributed by atoms with van der Waals surface area (Å²) >= 11 is 7.50. The van der Waals surface area contributed by atoms with E-state index in [0.29, 0.717) is 16.8 Å². The van der Waals surface area contributed by atoms with Gasteiger partial charge in [-0.3, -0.25) is 4.98 Å². The molecule has 0 amide bonds. The minimum atomic E-state index is -5.62. The number of halogens is 6. The number of nitrogens with zero attached hydrogens (tertiary/aromatic N) is 3. The fourth-order valence-electron chi connectivity index (χ4n) is 2.54. The Kier molecular flexibility index (Phi) is 5.36. The molecule has 3 heterocycles. The highest BCUT2D eigenvalue weighted by Gasteiger charge is 2.57. The Bertz CT molecular complexity index is 971. The van der Waals surface area contributed by atoms with Gasteiger partial charge in [-0.05, 0) is 30.0 Å². The Hall–Kier alpha value is -1.87. The molecular weight excluding hydrogens is 409 g/mol. The number of hydrogen-bond donors (Lipinski definition) is 0. The first kappa shape index (κ1) is 19.9. The second kappa shape index (κ2) is 7.27. The van der Waals surface area contributed by atoms with Gasteiger partial charge in [0.05, 0.1) is 24.0 Å². The molecule has 3 rings (SSSR count). The van der Waals surface area contributed by atoms with Gasteiger partial charge < -0.3 is 4.57 Å². The third-order valence-corrected chi connectivity index (χ3v) is 4.95. The van der Waals surface area contributed by atoms with Crippen molar-refractivity contribution in [1.29, 1.82) is 0 Å². The first-order chi connectivity index (χ1) is 12.6. The smallest absolute Gasteiger partial charge is 0.340 e. The number of hydrogen-bond acceptors (Lipinski definition) is 3. The molecule has 0 atom stereocenters. The molecule has 0 saturated carbocycles. The third-order valence-electron chi connectivity index (χ3n) is 3.81. The molecule has 0 aliphatic rings. The molecule has 0 spiro atoms. The highest BCUT2D eigenvalue weighted by Crippen LogP contribution is 2.38. The van der Waals surface area contributed by atoms with Crippen molar-refractivity contribution in [1.82, 2.24) is 14.5 Å². The highest BCUT2D eigenvalue weighted by atomic mass is 35.5. The highest BCUT2D eigenvalue weighted by molar-refractivity contribution is 7.99. The van der Waals surface area contributed by atoms with E-state index >= 15 is 0 Å². The summed E-state index contributed by atoms with van der Waals surface area (Å²) in [4.78, 5) is 9.32. The average Bonchev–Trinajstić information content (AvgIpc) is 2.97. The van der Waals surface area contributed by atoms with Crippen LogP contribution in [0.3, 0.4) is 0 Å². The predicted molar refractivity (Wildman–Crippen MR) is 95.4 cm³/mol.